The molecular formula is C13H25NO2. The summed E-state index contributed by atoms with van der Waals surface area (Å²) in [6.07, 6.45) is 7.39. The molecule has 0 aliphatic heterocycles. The molecule has 0 aromatic carbocycles. The molecule has 2 N–H and O–H groups in total. The van der Waals surface area contributed by atoms with Gasteiger partial charge in [0.25, 0.3) is 0 Å². The van der Waals surface area contributed by atoms with Crippen molar-refractivity contribution in [2.75, 3.05) is 6.54 Å². The van der Waals surface area contributed by atoms with Crippen LogP contribution in [-0.4, -0.2) is 18.6 Å². The van der Waals surface area contributed by atoms with Crippen molar-refractivity contribution in [2.45, 2.75) is 64.9 Å². The van der Waals surface area contributed by atoms with Gasteiger partial charge in [-0.3, -0.25) is 4.79 Å². The van der Waals surface area contributed by atoms with Crippen LogP contribution in [0.15, 0.2) is 0 Å². The highest BCUT2D eigenvalue weighted by Crippen LogP contribution is 2.29. The maximum atomic E-state index is 12.1. The molecule has 0 unspecified atom stereocenters. The second-order valence-electron chi connectivity index (χ2n) is 4.86. The smallest absolute Gasteiger partial charge is 0.313 e. The minimum Gasteiger partial charge on any atom is -0.462 e. The lowest BCUT2D eigenvalue weighted by Crippen LogP contribution is -2.41. The molecule has 1 aliphatic rings. The van der Waals surface area contributed by atoms with E-state index in [4.69, 9.17) is 10.5 Å². The summed E-state index contributed by atoms with van der Waals surface area (Å²) >= 11 is 0. The second-order valence-corrected chi connectivity index (χ2v) is 4.86. The fourth-order valence-corrected chi connectivity index (χ4v) is 2.37. The van der Waals surface area contributed by atoms with Crippen molar-refractivity contribution in [3.8, 4) is 0 Å². The van der Waals surface area contributed by atoms with E-state index in [1.54, 1.807) is 0 Å². The number of carbonyl (C=O) groups is 1. The van der Waals surface area contributed by atoms with Crippen LogP contribution in [0.25, 0.3) is 0 Å². The third-order valence-corrected chi connectivity index (χ3v) is 4.00. The molecule has 0 saturated heterocycles. The number of rotatable bonds is 5. The van der Waals surface area contributed by atoms with Crippen LogP contribution in [-0.2, 0) is 9.53 Å². The van der Waals surface area contributed by atoms with Gasteiger partial charge in [-0.15, -0.1) is 0 Å². The summed E-state index contributed by atoms with van der Waals surface area (Å²) in [5, 5.41) is 0. The van der Waals surface area contributed by atoms with Crippen molar-refractivity contribution < 1.29 is 9.53 Å². The van der Waals surface area contributed by atoms with E-state index in [1.165, 1.54) is 19.3 Å². The van der Waals surface area contributed by atoms with Gasteiger partial charge in [-0.1, -0.05) is 20.3 Å². The van der Waals surface area contributed by atoms with Crippen molar-refractivity contribution in [3.63, 3.8) is 0 Å². The predicted octanol–water partition coefficient (Wildman–Crippen LogP) is 2.63. The Bertz CT molecular complexity index is 210. The lowest BCUT2D eigenvalue weighted by molar-refractivity contribution is -0.163. The molecule has 0 atom stereocenters. The normalized spacial score (nSPS) is 18.4. The first kappa shape index (κ1) is 13.5. The third-order valence-electron chi connectivity index (χ3n) is 4.00. The SMILES string of the molecule is CCC(CC)(CN)C(=O)OC1CCCCC1. The molecule has 1 saturated carbocycles. The molecule has 0 heterocycles. The van der Waals surface area contributed by atoms with Gasteiger partial charge in [0.1, 0.15) is 6.10 Å². The van der Waals surface area contributed by atoms with Crippen molar-refractivity contribution in [3.05, 3.63) is 0 Å². The van der Waals surface area contributed by atoms with Crippen LogP contribution in [0.1, 0.15) is 58.8 Å². The first-order valence-electron chi connectivity index (χ1n) is 6.59. The fourth-order valence-electron chi connectivity index (χ4n) is 2.37. The molecule has 0 amide bonds. The summed E-state index contributed by atoms with van der Waals surface area (Å²) in [7, 11) is 0. The van der Waals surface area contributed by atoms with Gasteiger partial charge in [0, 0.05) is 6.54 Å². The Hall–Kier alpha value is -0.570. The van der Waals surface area contributed by atoms with Gasteiger partial charge in [-0.2, -0.15) is 0 Å². The van der Waals surface area contributed by atoms with E-state index in [2.05, 4.69) is 0 Å². The van der Waals surface area contributed by atoms with Crippen LogP contribution in [0, 0.1) is 5.41 Å². The summed E-state index contributed by atoms with van der Waals surface area (Å²) in [6, 6.07) is 0. The van der Waals surface area contributed by atoms with E-state index in [0.717, 1.165) is 25.7 Å². The molecule has 94 valence electrons. The molecule has 0 aromatic rings. The summed E-state index contributed by atoms with van der Waals surface area (Å²) in [5.74, 6) is -0.0769. The fraction of sp³-hybridized carbons (Fsp3) is 0.923. The molecule has 0 spiro atoms. The van der Waals surface area contributed by atoms with Crippen molar-refractivity contribution >= 4 is 5.97 Å². The molecule has 0 radical (unpaired) electrons. The van der Waals surface area contributed by atoms with Crippen molar-refractivity contribution in [1.29, 1.82) is 0 Å². The zero-order valence-electron chi connectivity index (χ0n) is 10.6. The molecule has 3 heteroatoms. The highest BCUT2D eigenvalue weighted by atomic mass is 16.5. The first-order valence-corrected chi connectivity index (χ1v) is 6.59. The van der Waals surface area contributed by atoms with Gasteiger partial charge >= 0.3 is 5.97 Å². The number of nitrogens with two attached hydrogens (primary N) is 1. The number of esters is 1. The number of carbonyl (C=O) groups excluding carboxylic acids is 1. The summed E-state index contributed by atoms with van der Waals surface area (Å²) < 4.78 is 5.61. The van der Waals surface area contributed by atoms with Crippen molar-refractivity contribution in [1.82, 2.24) is 0 Å². The molecular weight excluding hydrogens is 202 g/mol. The van der Waals surface area contributed by atoms with E-state index in [9.17, 15) is 4.79 Å². The maximum Gasteiger partial charge on any atom is 0.313 e. The molecule has 1 fully saturated rings. The third kappa shape index (κ3) is 2.97. The van der Waals surface area contributed by atoms with E-state index < -0.39 is 5.41 Å². The molecule has 0 bridgehead atoms. The second kappa shape index (κ2) is 6.24. The van der Waals surface area contributed by atoms with Gasteiger partial charge in [0.15, 0.2) is 0 Å². The Morgan fingerprint density at radius 2 is 1.81 bits per heavy atom. The van der Waals surface area contributed by atoms with Crippen LogP contribution in [0.5, 0.6) is 0 Å². The number of ether oxygens (including phenoxy) is 1. The van der Waals surface area contributed by atoms with Crippen molar-refractivity contribution in [2.24, 2.45) is 11.1 Å². The summed E-state index contributed by atoms with van der Waals surface area (Å²) in [4.78, 5) is 12.1. The zero-order chi connectivity index (χ0) is 12.0. The Morgan fingerprint density at radius 3 is 2.25 bits per heavy atom. The van der Waals surface area contributed by atoms with Crippen LogP contribution in [0.4, 0.5) is 0 Å². The van der Waals surface area contributed by atoms with E-state index in [-0.39, 0.29) is 12.1 Å². The Morgan fingerprint density at radius 1 is 1.25 bits per heavy atom. The van der Waals surface area contributed by atoms with Crippen LogP contribution in [0.2, 0.25) is 0 Å². The summed E-state index contributed by atoms with van der Waals surface area (Å²) in [6.45, 7) is 4.42. The number of hydrogen-bond donors (Lipinski definition) is 1. The number of hydrogen-bond acceptors (Lipinski definition) is 3. The lowest BCUT2D eigenvalue weighted by Gasteiger charge is -2.31. The van der Waals surface area contributed by atoms with Gasteiger partial charge in [-0.25, -0.2) is 0 Å². The zero-order valence-corrected chi connectivity index (χ0v) is 10.6. The maximum absolute atomic E-state index is 12.1. The lowest BCUT2D eigenvalue weighted by atomic mass is 9.82. The molecule has 3 nitrogen and oxygen atoms in total. The van der Waals surface area contributed by atoms with E-state index in [0.29, 0.717) is 6.54 Å². The van der Waals surface area contributed by atoms with Gasteiger partial charge < -0.3 is 10.5 Å². The minimum absolute atomic E-state index is 0.0769. The van der Waals surface area contributed by atoms with E-state index >= 15 is 0 Å². The quantitative estimate of drug-likeness (QED) is 0.735. The molecule has 16 heavy (non-hydrogen) atoms. The average molecular weight is 227 g/mol. The molecule has 1 rings (SSSR count). The van der Waals surface area contributed by atoms with Gasteiger partial charge in [0.2, 0.25) is 0 Å². The Kier molecular flexibility index (Phi) is 5.26. The Labute approximate surface area is 98.7 Å². The highest BCUT2D eigenvalue weighted by molar-refractivity contribution is 5.77. The summed E-state index contributed by atoms with van der Waals surface area (Å²) in [5.41, 5.74) is 5.29. The largest absolute Gasteiger partial charge is 0.462 e. The average Bonchev–Trinajstić information content (AvgIpc) is 2.33. The minimum atomic E-state index is -0.447. The first-order chi connectivity index (χ1) is 7.68. The van der Waals surface area contributed by atoms with Gasteiger partial charge in [-0.05, 0) is 38.5 Å². The highest BCUT2D eigenvalue weighted by Gasteiger charge is 2.36. The van der Waals surface area contributed by atoms with Crippen LogP contribution in [0.3, 0.4) is 0 Å². The van der Waals surface area contributed by atoms with Gasteiger partial charge in [0.05, 0.1) is 5.41 Å². The monoisotopic (exact) mass is 227 g/mol. The topological polar surface area (TPSA) is 52.3 Å². The van der Waals surface area contributed by atoms with Crippen LogP contribution < -0.4 is 5.73 Å². The standard InChI is InChI=1S/C13H25NO2/c1-3-13(4-2,10-14)12(15)16-11-8-6-5-7-9-11/h11H,3-10,14H2,1-2H3. The van der Waals surface area contributed by atoms with E-state index in [1.807, 2.05) is 13.8 Å². The predicted molar refractivity (Wildman–Crippen MR) is 65.0 cm³/mol. The van der Waals surface area contributed by atoms with Crippen LogP contribution >= 0.6 is 0 Å². The Balaban J connectivity index is 2.54. The molecule has 1 aliphatic carbocycles. The molecule has 0 aromatic heterocycles.